The van der Waals surface area contributed by atoms with Gasteiger partial charge in [-0.3, -0.25) is 0 Å². The molecule has 6 heteroatoms. The lowest BCUT2D eigenvalue weighted by Gasteiger charge is -2.12. The molecule has 0 saturated carbocycles. The number of anilines is 2. The maximum atomic E-state index is 5.82. The SMILES string of the molecule is CNc1nc(N)nc2cc(-c3ccccc3OCCOC)ccc12. The van der Waals surface area contributed by atoms with Crippen molar-refractivity contribution < 1.29 is 9.47 Å². The fourth-order valence-electron chi connectivity index (χ4n) is 2.57. The van der Waals surface area contributed by atoms with E-state index in [1.807, 2.05) is 49.5 Å². The number of nitrogens with two attached hydrogens (primary N) is 1. The van der Waals surface area contributed by atoms with Gasteiger partial charge in [0.2, 0.25) is 5.95 Å². The molecule has 0 bridgehead atoms. The molecule has 1 heterocycles. The average Bonchev–Trinajstić information content (AvgIpc) is 2.61. The third kappa shape index (κ3) is 3.23. The Morgan fingerprint density at radius 1 is 1.08 bits per heavy atom. The number of hydrogen-bond donors (Lipinski definition) is 2. The molecular formula is C18H20N4O2. The molecule has 0 fully saturated rings. The Bertz CT molecular complexity index is 852. The molecule has 0 atom stereocenters. The molecule has 0 saturated heterocycles. The third-order valence-electron chi connectivity index (χ3n) is 3.69. The fraction of sp³-hybridized carbons (Fsp3) is 0.222. The van der Waals surface area contributed by atoms with E-state index in [4.69, 9.17) is 15.2 Å². The molecule has 0 aliphatic carbocycles. The zero-order chi connectivity index (χ0) is 16.9. The van der Waals surface area contributed by atoms with Gasteiger partial charge in [-0.05, 0) is 23.8 Å². The Labute approximate surface area is 140 Å². The van der Waals surface area contributed by atoms with E-state index in [1.54, 1.807) is 7.11 Å². The van der Waals surface area contributed by atoms with Crippen molar-refractivity contribution in [3.63, 3.8) is 0 Å². The number of methoxy groups -OCH3 is 1. The lowest BCUT2D eigenvalue weighted by atomic mass is 10.0. The van der Waals surface area contributed by atoms with Crippen LogP contribution in [-0.2, 0) is 4.74 Å². The Morgan fingerprint density at radius 3 is 2.71 bits per heavy atom. The van der Waals surface area contributed by atoms with Crippen LogP contribution >= 0.6 is 0 Å². The molecule has 0 amide bonds. The minimum Gasteiger partial charge on any atom is -0.491 e. The smallest absolute Gasteiger partial charge is 0.222 e. The summed E-state index contributed by atoms with van der Waals surface area (Å²) in [5.41, 5.74) is 8.60. The van der Waals surface area contributed by atoms with Crippen molar-refractivity contribution in [2.75, 3.05) is 38.4 Å². The summed E-state index contributed by atoms with van der Waals surface area (Å²) in [6, 6.07) is 13.9. The average molecular weight is 324 g/mol. The Kier molecular flexibility index (Phi) is 4.77. The molecule has 2 aromatic carbocycles. The van der Waals surface area contributed by atoms with Crippen LogP contribution in [0.4, 0.5) is 11.8 Å². The molecule has 3 aromatic rings. The number of ether oxygens (including phenoxy) is 2. The van der Waals surface area contributed by atoms with Crippen molar-refractivity contribution in [3.05, 3.63) is 42.5 Å². The molecule has 0 aliphatic rings. The second kappa shape index (κ2) is 7.14. The van der Waals surface area contributed by atoms with E-state index in [0.29, 0.717) is 19.0 Å². The highest BCUT2D eigenvalue weighted by Crippen LogP contribution is 2.32. The maximum absolute atomic E-state index is 5.82. The second-order valence-electron chi connectivity index (χ2n) is 5.25. The highest BCUT2D eigenvalue weighted by molar-refractivity contribution is 5.93. The first kappa shape index (κ1) is 16.0. The highest BCUT2D eigenvalue weighted by atomic mass is 16.5. The predicted molar refractivity (Wildman–Crippen MR) is 96.3 cm³/mol. The van der Waals surface area contributed by atoms with Gasteiger partial charge in [-0.1, -0.05) is 24.3 Å². The molecule has 124 valence electrons. The number of benzene rings is 2. The number of fused-ring (bicyclic) bond motifs is 1. The zero-order valence-corrected chi connectivity index (χ0v) is 13.7. The van der Waals surface area contributed by atoms with Crippen molar-refractivity contribution in [1.29, 1.82) is 0 Å². The lowest BCUT2D eigenvalue weighted by Crippen LogP contribution is -2.05. The van der Waals surface area contributed by atoms with Gasteiger partial charge in [-0.25, -0.2) is 4.98 Å². The number of aromatic nitrogens is 2. The maximum Gasteiger partial charge on any atom is 0.222 e. The van der Waals surface area contributed by atoms with Gasteiger partial charge in [0.05, 0.1) is 12.1 Å². The van der Waals surface area contributed by atoms with E-state index in [2.05, 4.69) is 15.3 Å². The van der Waals surface area contributed by atoms with Crippen LogP contribution in [0, 0.1) is 0 Å². The number of nitrogen functional groups attached to an aromatic ring is 1. The largest absolute Gasteiger partial charge is 0.491 e. The van der Waals surface area contributed by atoms with Gasteiger partial charge in [0, 0.05) is 25.1 Å². The predicted octanol–water partition coefficient (Wildman–Crippen LogP) is 2.95. The highest BCUT2D eigenvalue weighted by Gasteiger charge is 2.10. The van der Waals surface area contributed by atoms with Crippen molar-refractivity contribution >= 4 is 22.7 Å². The molecule has 0 spiro atoms. The van der Waals surface area contributed by atoms with Gasteiger partial charge < -0.3 is 20.5 Å². The molecule has 6 nitrogen and oxygen atoms in total. The van der Waals surface area contributed by atoms with E-state index in [0.717, 1.165) is 27.8 Å². The van der Waals surface area contributed by atoms with E-state index >= 15 is 0 Å². The zero-order valence-electron chi connectivity index (χ0n) is 13.7. The molecule has 24 heavy (non-hydrogen) atoms. The number of hydrogen-bond acceptors (Lipinski definition) is 6. The van der Waals surface area contributed by atoms with Crippen molar-refractivity contribution in [3.8, 4) is 16.9 Å². The van der Waals surface area contributed by atoms with Crippen LogP contribution in [-0.4, -0.2) is 37.3 Å². The summed E-state index contributed by atoms with van der Waals surface area (Å²) in [5.74, 6) is 1.77. The molecule has 0 aliphatic heterocycles. The second-order valence-corrected chi connectivity index (χ2v) is 5.25. The quantitative estimate of drug-likeness (QED) is 0.678. The number of para-hydroxylation sites is 1. The number of rotatable bonds is 6. The Morgan fingerprint density at radius 2 is 1.92 bits per heavy atom. The number of nitrogens with one attached hydrogen (secondary N) is 1. The standard InChI is InChI=1S/C18H20N4O2/c1-20-17-14-8-7-12(11-15(14)21-18(19)22-17)13-5-3-4-6-16(13)24-10-9-23-2/h3-8,11H,9-10H2,1-2H3,(H3,19,20,21,22). The van der Waals surface area contributed by atoms with Crippen molar-refractivity contribution in [2.45, 2.75) is 0 Å². The van der Waals surface area contributed by atoms with E-state index in [-0.39, 0.29) is 5.95 Å². The van der Waals surface area contributed by atoms with Gasteiger partial charge in [0.25, 0.3) is 0 Å². The Balaban J connectivity index is 2.04. The van der Waals surface area contributed by atoms with E-state index < -0.39 is 0 Å². The minimum absolute atomic E-state index is 0.244. The molecule has 3 rings (SSSR count). The summed E-state index contributed by atoms with van der Waals surface area (Å²) in [6.45, 7) is 1.04. The molecule has 0 unspecified atom stereocenters. The van der Waals surface area contributed by atoms with Gasteiger partial charge in [-0.2, -0.15) is 4.98 Å². The third-order valence-corrected chi connectivity index (χ3v) is 3.69. The van der Waals surface area contributed by atoms with Crippen molar-refractivity contribution in [1.82, 2.24) is 9.97 Å². The van der Waals surface area contributed by atoms with Gasteiger partial charge in [0.15, 0.2) is 0 Å². The Hall–Kier alpha value is -2.86. The van der Waals surface area contributed by atoms with E-state index in [9.17, 15) is 0 Å². The summed E-state index contributed by atoms with van der Waals surface area (Å²) in [4.78, 5) is 8.55. The van der Waals surface area contributed by atoms with Gasteiger partial charge in [0.1, 0.15) is 18.2 Å². The summed E-state index contributed by atoms with van der Waals surface area (Å²) in [7, 11) is 3.47. The van der Waals surface area contributed by atoms with Crippen LogP contribution in [0.3, 0.4) is 0 Å². The molecule has 3 N–H and O–H groups in total. The van der Waals surface area contributed by atoms with Crippen LogP contribution < -0.4 is 15.8 Å². The first-order valence-corrected chi connectivity index (χ1v) is 7.69. The summed E-state index contributed by atoms with van der Waals surface area (Å²) in [6.07, 6.45) is 0. The van der Waals surface area contributed by atoms with Gasteiger partial charge >= 0.3 is 0 Å². The monoisotopic (exact) mass is 324 g/mol. The summed E-state index contributed by atoms with van der Waals surface area (Å²) < 4.78 is 10.9. The van der Waals surface area contributed by atoms with Gasteiger partial charge in [-0.15, -0.1) is 0 Å². The van der Waals surface area contributed by atoms with Crippen LogP contribution in [0.5, 0.6) is 5.75 Å². The van der Waals surface area contributed by atoms with Crippen molar-refractivity contribution in [2.24, 2.45) is 0 Å². The number of nitrogens with zero attached hydrogens (tertiary/aromatic N) is 2. The molecule has 0 radical (unpaired) electrons. The summed E-state index contributed by atoms with van der Waals surface area (Å²) >= 11 is 0. The first-order chi connectivity index (χ1) is 11.7. The first-order valence-electron chi connectivity index (χ1n) is 7.69. The fourth-order valence-corrected chi connectivity index (χ4v) is 2.57. The molecular weight excluding hydrogens is 304 g/mol. The lowest BCUT2D eigenvalue weighted by molar-refractivity contribution is 0.146. The molecule has 1 aromatic heterocycles. The van der Waals surface area contributed by atoms with Crippen LogP contribution in [0.15, 0.2) is 42.5 Å². The van der Waals surface area contributed by atoms with Crippen LogP contribution in [0.25, 0.3) is 22.0 Å². The van der Waals surface area contributed by atoms with E-state index in [1.165, 1.54) is 0 Å². The minimum atomic E-state index is 0.244. The van der Waals surface area contributed by atoms with Crippen LogP contribution in [0.1, 0.15) is 0 Å². The normalized spacial score (nSPS) is 10.8. The summed E-state index contributed by atoms with van der Waals surface area (Å²) in [5, 5.41) is 3.97. The topological polar surface area (TPSA) is 82.3 Å². The van der Waals surface area contributed by atoms with Crippen LogP contribution in [0.2, 0.25) is 0 Å².